The van der Waals surface area contributed by atoms with Crippen LogP contribution in [0.2, 0.25) is 6.55 Å². The minimum absolute atomic E-state index is 0.00859. The molecule has 1 fully saturated rings. The molecule has 0 bridgehead atoms. The van der Waals surface area contributed by atoms with Crippen molar-refractivity contribution in [3.05, 3.63) is 23.9 Å². The van der Waals surface area contributed by atoms with Gasteiger partial charge in [-0.1, -0.05) is 6.55 Å². The number of nitrogens with one attached hydrogen (secondary N) is 1. The zero-order valence-corrected chi connectivity index (χ0v) is 16.0. The third-order valence-corrected chi connectivity index (χ3v) is 5.36. The van der Waals surface area contributed by atoms with Gasteiger partial charge in [0.2, 0.25) is 5.91 Å². The smallest absolute Gasteiger partial charge is 0.413 e. The Morgan fingerprint density at radius 1 is 1.50 bits per heavy atom. The second-order valence-electron chi connectivity index (χ2n) is 6.86. The topological polar surface area (TPSA) is 91.8 Å². The van der Waals surface area contributed by atoms with Crippen LogP contribution >= 0.6 is 0 Å². The first-order valence-electron chi connectivity index (χ1n) is 8.11. The van der Waals surface area contributed by atoms with Crippen LogP contribution in [-0.4, -0.2) is 54.6 Å². The molecule has 0 aromatic carbocycles. The molecule has 0 unspecified atom stereocenters. The van der Waals surface area contributed by atoms with Crippen molar-refractivity contribution >= 4 is 27.5 Å². The third-order valence-electron chi connectivity index (χ3n) is 3.90. The molecular weight excluding hydrogens is 326 g/mol. The average molecular weight is 351 g/mol. The van der Waals surface area contributed by atoms with Crippen LogP contribution in [0.25, 0.3) is 0 Å². The first kappa shape index (κ1) is 18.4. The standard InChI is InChI=1S/C16H25N3O4Si/c1-16(2,3)23-15(22)18-13-8-10(5-6-17-13)7-11-12(9-20)19(24-4)14(11)21/h5-6,8,11-12,20H,7,9,24H2,1-4H3,(H,17,18,22)/t11-,12-/m1/s1. The molecule has 8 heteroatoms. The molecule has 0 spiro atoms. The van der Waals surface area contributed by atoms with Crippen LogP contribution in [0.3, 0.4) is 0 Å². The number of aliphatic hydroxyl groups excluding tert-OH is 1. The highest BCUT2D eigenvalue weighted by molar-refractivity contribution is 6.36. The van der Waals surface area contributed by atoms with Gasteiger partial charge < -0.3 is 14.4 Å². The molecule has 0 aliphatic carbocycles. The van der Waals surface area contributed by atoms with Gasteiger partial charge in [0.1, 0.15) is 21.1 Å². The first-order chi connectivity index (χ1) is 11.2. The predicted molar refractivity (Wildman–Crippen MR) is 93.4 cm³/mol. The van der Waals surface area contributed by atoms with Gasteiger partial charge in [0.25, 0.3) is 0 Å². The molecule has 24 heavy (non-hydrogen) atoms. The molecule has 7 nitrogen and oxygen atoms in total. The number of anilines is 1. The number of aliphatic hydroxyl groups is 1. The van der Waals surface area contributed by atoms with Gasteiger partial charge in [0.05, 0.1) is 18.6 Å². The van der Waals surface area contributed by atoms with E-state index in [2.05, 4.69) is 10.3 Å². The minimum atomic E-state index is -0.603. The summed E-state index contributed by atoms with van der Waals surface area (Å²) in [5, 5.41) is 12.1. The number of rotatable bonds is 5. The van der Waals surface area contributed by atoms with Gasteiger partial charge in [0.15, 0.2) is 0 Å². The number of hydrogen-bond donors (Lipinski definition) is 2. The fraction of sp³-hybridized carbons (Fsp3) is 0.562. The molecule has 2 amide bonds. The Balaban J connectivity index is 2.01. The van der Waals surface area contributed by atoms with Crippen LogP contribution in [0.1, 0.15) is 26.3 Å². The molecule has 1 aliphatic heterocycles. The van der Waals surface area contributed by atoms with Gasteiger partial charge in [-0.05, 0) is 44.9 Å². The van der Waals surface area contributed by atoms with Crippen molar-refractivity contribution in [2.24, 2.45) is 5.92 Å². The molecule has 2 heterocycles. The summed E-state index contributed by atoms with van der Waals surface area (Å²) in [6.07, 6.45) is 1.55. The number of aromatic nitrogens is 1. The van der Waals surface area contributed by atoms with Crippen molar-refractivity contribution in [3.63, 3.8) is 0 Å². The lowest BCUT2D eigenvalue weighted by Crippen LogP contribution is -2.63. The Hall–Kier alpha value is -1.93. The van der Waals surface area contributed by atoms with Crippen LogP contribution in [0.15, 0.2) is 18.3 Å². The summed E-state index contributed by atoms with van der Waals surface area (Å²) < 4.78 is 7.01. The summed E-state index contributed by atoms with van der Waals surface area (Å²) >= 11 is 0. The molecule has 1 aromatic rings. The monoisotopic (exact) mass is 351 g/mol. The van der Waals surface area contributed by atoms with Gasteiger partial charge in [-0.2, -0.15) is 0 Å². The van der Waals surface area contributed by atoms with Crippen molar-refractivity contribution in [2.75, 3.05) is 11.9 Å². The van der Waals surface area contributed by atoms with Crippen LogP contribution in [0.5, 0.6) is 0 Å². The lowest BCUT2D eigenvalue weighted by Gasteiger charge is -2.46. The van der Waals surface area contributed by atoms with Crippen LogP contribution in [0.4, 0.5) is 10.6 Å². The quantitative estimate of drug-likeness (QED) is 0.608. The van der Waals surface area contributed by atoms with Crippen molar-refractivity contribution in [1.29, 1.82) is 0 Å². The van der Waals surface area contributed by atoms with Crippen LogP contribution in [-0.2, 0) is 16.0 Å². The Morgan fingerprint density at radius 3 is 2.79 bits per heavy atom. The summed E-state index contributed by atoms with van der Waals surface area (Å²) in [6, 6.07) is 3.47. The molecular formula is C16H25N3O4Si. The van der Waals surface area contributed by atoms with Gasteiger partial charge in [-0.15, -0.1) is 0 Å². The Labute approximate surface area is 144 Å². The molecule has 1 aliphatic rings. The second-order valence-corrected chi connectivity index (χ2v) is 8.17. The Bertz CT molecular complexity index is 618. The number of ether oxygens (including phenoxy) is 1. The highest BCUT2D eigenvalue weighted by Crippen LogP contribution is 2.29. The Kier molecular flexibility index (Phi) is 5.61. The number of β-lactam (4-membered cyclic amide) rings is 1. The fourth-order valence-corrected chi connectivity index (χ4v) is 4.23. The number of carbonyl (C=O) groups is 2. The largest absolute Gasteiger partial charge is 0.444 e. The SMILES string of the molecule is C[SiH2]N1C(=O)[C@H](Cc2ccnc(NC(=O)OC(C)(C)C)c2)[C@H]1CO. The summed E-state index contributed by atoms with van der Waals surface area (Å²) in [5.41, 5.74) is 0.312. The number of carbonyl (C=O) groups excluding carboxylic acids is 2. The zero-order chi connectivity index (χ0) is 17.9. The molecule has 132 valence electrons. The molecule has 2 N–H and O–H groups in total. The van der Waals surface area contributed by atoms with E-state index in [0.29, 0.717) is 12.2 Å². The van der Waals surface area contributed by atoms with Crippen molar-refractivity contribution in [2.45, 2.75) is 45.4 Å². The maximum atomic E-state index is 12.1. The fourth-order valence-electron chi connectivity index (χ4n) is 2.85. The second kappa shape index (κ2) is 7.31. The number of pyridine rings is 1. The van der Waals surface area contributed by atoms with Gasteiger partial charge in [-0.3, -0.25) is 10.1 Å². The third kappa shape index (κ3) is 4.33. The predicted octanol–water partition coefficient (Wildman–Crippen LogP) is 0.922. The van der Waals surface area contributed by atoms with E-state index >= 15 is 0 Å². The molecule has 2 rings (SSSR count). The molecule has 0 saturated carbocycles. The number of nitrogens with zero attached hydrogens (tertiary/aromatic N) is 2. The molecule has 2 atom stereocenters. The van der Waals surface area contributed by atoms with E-state index in [9.17, 15) is 14.7 Å². The van der Waals surface area contributed by atoms with Gasteiger partial charge >= 0.3 is 6.09 Å². The maximum Gasteiger partial charge on any atom is 0.413 e. The van der Waals surface area contributed by atoms with Gasteiger partial charge in [-0.25, -0.2) is 9.78 Å². The van der Waals surface area contributed by atoms with Crippen LogP contribution in [0, 0.1) is 5.92 Å². The summed E-state index contributed by atoms with van der Waals surface area (Å²) in [5.74, 6) is 0.303. The van der Waals surface area contributed by atoms with Crippen LogP contribution < -0.4 is 5.32 Å². The average Bonchev–Trinajstić information content (AvgIpc) is 2.48. The summed E-state index contributed by atoms with van der Waals surface area (Å²) in [7, 11) is -0.603. The lowest BCUT2D eigenvalue weighted by molar-refractivity contribution is -0.148. The van der Waals surface area contributed by atoms with Crippen molar-refractivity contribution in [1.82, 2.24) is 9.55 Å². The van der Waals surface area contributed by atoms with Gasteiger partial charge in [0, 0.05) is 6.20 Å². The van der Waals surface area contributed by atoms with E-state index in [4.69, 9.17) is 4.74 Å². The highest BCUT2D eigenvalue weighted by Gasteiger charge is 2.44. The van der Waals surface area contributed by atoms with E-state index in [1.54, 1.807) is 33.0 Å². The van der Waals surface area contributed by atoms with Crippen molar-refractivity contribution in [3.8, 4) is 0 Å². The normalized spacial score (nSPS) is 21.0. The summed E-state index contributed by atoms with van der Waals surface area (Å²) in [4.78, 5) is 28.0. The zero-order valence-electron chi connectivity index (χ0n) is 14.6. The lowest BCUT2D eigenvalue weighted by atomic mass is 9.85. The van der Waals surface area contributed by atoms with Crippen molar-refractivity contribution < 1.29 is 19.4 Å². The number of amides is 2. The van der Waals surface area contributed by atoms with E-state index in [-0.39, 0.29) is 24.5 Å². The molecule has 1 saturated heterocycles. The minimum Gasteiger partial charge on any atom is -0.444 e. The number of hydrogen-bond acceptors (Lipinski definition) is 5. The molecule has 1 aromatic heterocycles. The summed E-state index contributed by atoms with van der Waals surface area (Å²) in [6.45, 7) is 7.39. The first-order valence-corrected chi connectivity index (χ1v) is 10.2. The Morgan fingerprint density at radius 2 is 2.21 bits per heavy atom. The van der Waals surface area contributed by atoms with E-state index in [0.717, 1.165) is 5.56 Å². The molecule has 0 radical (unpaired) electrons. The van der Waals surface area contributed by atoms with E-state index < -0.39 is 21.4 Å². The maximum absolute atomic E-state index is 12.1. The van der Waals surface area contributed by atoms with E-state index in [1.165, 1.54) is 0 Å². The highest BCUT2D eigenvalue weighted by atomic mass is 28.2. The van der Waals surface area contributed by atoms with E-state index in [1.807, 2.05) is 17.2 Å².